The normalized spacial score (nSPS) is 11.2. The van der Waals surface area contributed by atoms with Crippen LogP contribution in [0.4, 0.5) is 4.39 Å². The molecule has 0 radical (unpaired) electrons. The molecule has 0 unspecified atom stereocenters. The smallest absolute Gasteiger partial charge is 0.164 e. The highest BCUT2D eigenvalue weighted by Crippen LogP contribution is 2.34. The lowest BCUT2D eigenvalue weighted by Gasteiger charge is -2.14. The van der Waals surface area contributed by atoms with Crippen molar-refractivity contribution < 1.29 is 4.39 Å². The van der Waals surface area contributed by atoms with Crippen LogP contribution in [0.2, 0.25) is 0 Å². The van der Waals surface area contributed by atoms with E-state index in [4.69, 9.17) is 44.9 Å². The van der Waals surface area contributed by atoms with E-state index in [0.29, 0.717) is 74.7 Å². The number of benzene rings is 6. The minimum absolute atomic E-state index is 0.0208. The summed E-state index contributed by atoms with van der Waals surface area (Å²) in [5.74, 6) is 4.07. The standard InChI is InChI=1S/C48H34FN9/c1-30(2)40-50-41(31-15-7-3-8-16-31)54-46(51-40)36-27-37(47-55-42(32-17-9-4-10-18-32)52-43(56-47)33-19-11-5-12-20-33)29-38(28-36)48-57-44(34-21-13-6-14-22-34)53-45(58-48)35-23-25-39(49)26-24-35/h3-30H,1-2H3. The number of aromatic nitrogens is 9. The summed E-state index contributed by atoms with van der Waals surface area (Å²) in [6.07, 6.45) is 0. The zero-order valence-corrected chi connectivity index (χ0v) is 31.6. The molecule has 6 aromatic carbocycles. The van der Waals surface area contributed by atoms with Gasteiger partial charge in [0.2, 0.25) is 0 Å². The Morgan fingerprint density at radius 2 is 0.534 bits per heavy atom. The molecule has 0 N–H and O–H groups in total. The van der Waals surface area contributed by atoms with Crippen molar-refractivity contribution in [1.82, 2.24) is 44.9 Å². The second-order valence-electron chi connectivity index (χ2n) is 13.9. The number of hydrogen-bond donors (Lipinski definition) is 0. The summed E-state index contributed by atoms with van der Waals surface area (Å²) in [5.41, 5.74) is 6.00. The topological polar surface area (TPSA) is 116 Å². The molecule has 3 heterocycles. The predicted molar refractivity (Wildman–Crippen MR) is 224 cm³/mol. The third kappa shape index (κ3) is 7.71. The van der Waals surface area contributed by atoms with Gasteiger partial charge in [-0.1, -0.05) is 135 Å². The van der Waals surface area contributed by atoms with Crippen molar-refractivity contribution in [3.63, 3.8) is 0 Å². The lowest BCUT2D eigenvalue weighted by atomic mass is 10.0. The molecule has 9 rings (SSSR count). The van der Waals surface area contributed by atoms with Crippen molar-refractivity contribution in [2.24, 2.45) is 0 Å². The summed E-state index contributed by atoms with van der Waals surface area (Å²) in [6.45, 7) is 4.12. The highest BCUT2D eigenvalue weighted by atomic mass is 19.1. The first kappa shape index (κ1) is 35.9. The van der Waals surface area contributed by atoms with E-state index >= 15 is 0 Å². The summed E-state index contributed by atoms with van der Waals surface area (Å²) < 4.78 is 14.1. The molecule has 0 saturated heterocycles. The minimum atomic E-state index is -0.353. The number of rotatable bonds is 9. The van der Waals surface area contributed by atoms with Crippen molar-refractivity contribution in [2.45, 2.75) is 19.8 Å². The highest BCUT2D eigenvalue weighted by molar-refractivity contribution is 5.78. The van der Waals surface area contributed by atoms with Crippen molar-refractivity contribution in [3.05, 3.63) is 175 Å². The highest BCUT2D eigenvalue weighted by Gasteiger charge is 2.20. The van der Waals surface area contributed by atoms with Crippen LogP contribution in [0.25, 0.3) is 91.1 Å². The van der Waals surface area contributed by atoms with Crippen LogP contribution in [0.5, 0.6) is 0 Å². The molecule has 9 aromatic rings. The van der Waals surface area contributed by atoms with Crippen LogP contribution in [0.15, 0.2) is 164 Å². The average molecular weight is 756 g/mol. The van der Waals surface area contributed by atoms with Gasteiger partial charge in [-0.15, -0.1) is 0 Å². The van der Waals surface area contributed by atoms with Crippen LogP contribution in [-0.2, 0) is 0 Å². The van der Waals surface area contributed by atoms with Gasteiger partial charge in [0.25, 0.3) is 0 Å². The Morgan fingerprint density at radius 3 is 0.828 bits per heavy atom. The van der Waals surface area contributed by atoms with Crippen LogP contribution in [0.1, 0.15) is 25.6 Å². The maximum atomic E-state index is 14.1. The summed E-state index contributed by atoms with van der Waals surface area (Å²) in [5, 5.41) is 0. The van der Waals surface area contributed by atoms with Crippen LogP contribution in [0.3, 0.4) is 0 Å². The number of hydrogen-bond acceptors (Lipinski definition) is 9. The van der Waals surface area contributed by atoms with E-state index in [1.54, 1.807) is 12.1 Å². The molecule has 0 spiro atoms. The van der Waals surface area contributed by atoms with Crippen molar-refractivity contribution in [1.29, 1.82) is 0 Å². The first-order chi connectivity index (χ1) is 28.4. The largest absolute Gasteiger partial charge is 0.213 e. The second-order valence-corrected chi connectivity index (χ2v) is 13.9. The van der Waals surface area contributed by atoms with Gasteiger partial charge in [-0.05, 0) is 42.5 Å². The Bertz CT molecular complexity index is 2800. The van der Waals surface area contributed by atoms with E-state index in [2.05, 4.69) is 13.8 Å². The fraction of sp³-hybridized carbons (Fsp3) is 0.0625. The Hall–Kier alpha value is -7.72. The SMILES string of the molecule is CC(C)c1nc(-c2ccccc2)nc(-c2cc(-c3nc(-c4ccccc4)nc(-c4ccccc4)n3)cc(-c3nc(-c4ccccc4)nc(-c4ccc(F)cc4)n3)c2)n1. The number of nitrogens with zero attached hydrogens (tertiary/aromatic N) is 9. The van der Waals surface area contributed by atoms with Gasteiger partial charge >= 0.3 is 0 Å². The van der Waals surface area contributed by atoms with Crippen molar-refractivity contribution >= 4 is 0 Å². The molecule has 9 nitrogen and oxygen atoms in total. The van der Waals surface area contributed by atoms with E-state index in [-0.39, 0.29) is 11.7 Å². The second kappa shape index (κ2) is 15.8. The van der Waals surface area contributed by atoms with Crippen molar-refractivity contribution in [2.75, 3.05) is 0 Å². The van der Waals surface area contributed by atoms with Gasteiger partial charge in [0.1, 0.15) is 11.6 Å². The predicted octanol–water partition coefficient (Wildman–Crippen LogP) is 10.8. The zero-order valence-electron chi connectivity index (χ0n) is 31.6. The fourth-order valence-electron chi connectivity index (χ4n) is 6.40. The quantitative estimate of drug-likeness (QED) is 0.142. The Balaban J connectivity index is 1.31. The summed E-state index contributed by atoms with van der Waals surface area (Å²) in [6, 6.07) is 51.3. The van der Waals surface area contributed by atoms with Crippen LogP contribution < -0.4 is 0 Å². The molecule has 10 heteroatoms. The molecule has 0 amide bonds. The molecule has 58 heavy (non-hydrogen) atoms. The molecule has 278 valence electrons. The Kier molecular flexibility index (Phi) is 9.79. The van der Waals surface area contributed by atoms with Crippen LogP contribution in [0, 0.1) is 5.82 Å². The lowest BCUT2D eigenvalue weighted by Crippen LogP contribution is -2.05. The monoisotopic (exact) mass is 755 g/mol. The fourth-order valence-corrected chi connectivity index (χ4v) is 6.40. The van der Waals surface area contributed by atoms with E-state index in [1.807, 2.05) is 140 Å². The molecular formula is C48H34FN9. The lowest BCUT2D eigenvalue weighted by molar-refractivity contribution is 0.628. The first-order valence-corrected chi connectivity index (χ1v) is 18.9. The zero-order chi connectivity index (χ0) is 39.4. The van der Waals surface area contributed by atoms with Crippen LogP contribution >= 0.6 is 0 Å². The van der Waals surface area contributed by atoms with Gasteiger partial charge in [-0.25, -0.2) is 49.2 Å². The summed E-state index contributed by atoms with van der Waals surface area (Å²) >= 11 is 0. The van der Waals surface area contributed by atoms with E-state index in [9.17, 15) is 4.39 Å². The maximum absolute atomic E-state index is 14.1. The first-order valence-electron chi connectivity index (χ1n) is 18.9. The van der Waals surface area contributed by atoms with E-state index < -0.39 is 0 Å². The molecule has 3 aromatic heterocycles. The van der Waals surface area contributed by atoms with E-state index in [1.165, 1.54) is 12.1 Å². The maximum Gasteiger partial charge on any atom is 0.164 e. The van der Waals surface area contributed by atoms with E-state index in [0.717, 1.165) is 22.3 Å². The molecular weight excluding hydrogens is 722 g/mol. The Labute approximate surface area is 334 Å². The van der Waals surface area contributed by atoms with Gasteiger partial charge in [0, 0.05) is 50.4 Å². The molecule has 0 aliphatic heterocycles. The van der Waals surface area contributed by atoms with Gasteiger partial charge in [0.05, 0.1) is 0 Å². The molecule has 0 bridgehead atoms. The molecule has 0 atom stereocenters. The third-order valence-electron chi connectivity index (χ3n) is 9.38. The molecule has 0 aliphatic rings. The van der Waals surface area contributed by atoms with Gasteiger partial charge < -0.3 is 0 Å². The summed E-state index contributed by atoms with van der Waals surface area (Å²) in [4.78, 5) is 44.8. The van der Waals surface area contributed by atoms with Gasteiger partial charge in [-0.2, -0.15) is 0 Å². The minimum Gasteiger partial charge on any atom is -0.213 e. The molecule has 0 fully saturated rings. The molecule has 0 aliphatic carbocycles. The number of halogens is 1. The third-order valence-corrected chi connectivity index (χ3v) is 9.38. The average Bonchev–Trinajstić information content (AvgIpc) is 3.30. The van der Waals surface area contributed by atoms with Gasteiger partial charge in [0.15, 0.2) is 46.6 Å². The van der Waals surface area contributed by atoms with Gasteiger partial charge in [-0.3, -0.25) is 0 Å². The molecule has 0 saturated carbocycles. The van der Waals surface area contributed by atoms with Crippen molar-refractivity contribution in [3.8, 4) is 91.1 Å². The Morgan fingerprint density at radius 1 is 0.293 bits per heavy atom. The van der Waals surface area contributed by atoms with Crippen LogP contribution in [-0.4, -0.2) is 44.9 Å². The summed E-state index contributed by atoms with van der Waals surface area (Å²) in [7, 11) is 0.